The third kappa shape index (κ3) is 5.71. The summed E-state index contributed by atoms with van der Waals surface area (Å²) in [5.41, 5.74) is 0.668. The predicted octanol–water partition coefficient (Wildman–Crippen LogP) is 3.52. The summed E-state index contributed by atoms with van der Waals surface area (Å²) in [6.07, 6.45) is 5.44. The van der Waals surface area contributed by atoms with Crippen molar-refractivity contribution in [1.29, 1.82) is 0 Å². The van der Waals surface area contributed by atoms with Gasteiger partial charge in [-0.1, -0.05) is 13.8 Å². The Hall–Kier alpha value is -0.0800. The summed E-state index contributed by atoms with van der Waals surface area (Å²) in [6.45, 7) is 15.2. The van der Waals surface area contributed by atoms with Gasteiger partial charge in [0, 0.05) is 25.2 Å². The largest absolute Gasteiger partial charge is 0.311 e. The van der Waals surface area contributed by atoms with E-state index in [0.29, 0.717) is 5.41 Å². The summed E-state index contributed by atoms with van der Waals surface area (Å²) in [5.74, 6) is 0.997. The van der Waals surface area contributed by atoms with E-state index in [9.17, 15) is 0 Å². The van der Waals surface area contributed by atoms with Crippen LogP contribution in [0.15, 0.2) is 0 Å². The Morgan fingerprint density at radius 2 is 1.67 bits per heavy atom. The highest BCUT2D eigenvalue weighted by Gasteiger charge is 2.31. The molecule has 1 saturated carbocycles. The average molecular weight is 254 g/mol. The molecule has 108 valence electrons. The second-order valence-corrected chi connectivity index (χ2v) is 7.45. The van der Waals surface area contributed by atoms with Gasteiger partial charge in [0.1, 0.15) is 0 Å². The molecule has 1 N–H and O–H groups in total. The van der Waals surface area contributed by atoms with E-state index >= 15 is 0 Å². The van der Waals surface area contributed by atoms with Crippen LogP contribution in [0.25, 0.3) is 0 Å². The van der Waals surface area contributed by atoms with Crippen LogP contribution in [-0.4, -0.2) is 37.1 Å². The molecule has 0 saturated heterocycles. The molecule has 2 heteroatoms. The van der Waals surface area contributed by atoms with Crippen LogP contribution < -0.4 is 5.32 Å². The summed E-state index contributed by atoms with van der Waals surface area (Å²) in [5, 5.41) is 3.71. The van der Waals surface area contributed by atoms with Crippen molar-refractivity contribution < 1.29 is 0 Å². The topological polar surface area (TPSA) is 15.3 Å². The van der Waals surface area contributed by atoms with Crippen LogP contribution in [-0.2, 0) is 0 Å². The fourth-order valence-corrected chi connectivity index (χ4v) is 2.61. The molecule has 1 fully saturated rings. The molecule has 0 amide bonds. The minimum atomic E-state index is 0.227. The molecule has 2 nitrogen and oxygen atoms in total. The highest BCUT2D eigenvalue weighted by Crippen LogP contribution is 2.32. The van der Waals surface area contributed by atoms with E-state index in [1.54, 1.807) is 0 Å². The zero-order valence-electron chi connectivity index (χ0n) is 13.5. The standard InChI is InChI=1S/C16H34N2/c1-7-16(8-2,12-17-15(3,4)5)13-18(6)11-14-9-10-14/h14,17H,7-13H2,1-6H3. The first-order valence-corrected chi connectivity index (χ1v) is 7.74. The SMILES string of the molecule is CCC(CC)(CNC(C)(C)C)CN(C)CC1CC1. The second-order valence-electron chi connectivity index (χ2n) is 7.45. The maximum Gasteiger partial charge on any atom is 0.00967 e. The van der Waals surface area contributed by atoms with E-state index < -0.39 is 0 Å². The smallest absolute Gasteiger partial charge is 0.00967 e. The highest BCUT2D eigenvalue weighted by molar-refractivity contribution is 4.86. The Kier molecular flexibility index (Phi) is 5.67. The van der Waals surface area contributed by atoms with E-state index in [-0.39, 0.29) is 5.54 Å². The first-order chi connectivity index (χ1) is 8.30. The van der Waals surface area contributed by atoms with Gasteiger partial charge in [-0.05, 0) is 64.8 Å². The van der Waals surface area contributed by atoms with Gasteiger partial charge >= 0.3 is 0 Å². The maximum absolute atomic E-state index is 3.71. The summed E-state index contributed by atoms with van der Waals surface area (Å²) in [7, 11) is 2.30. The Bertz CT molecular complexity index is 234. The number of hydrogen-bond donors (Lipinski definition) is 1. The monoisotopic (exact) mass is 254 g/mol. The molecule has 18 heavy (non-hydrogen) atoms. The Morgan fingerprint density at radius 3 is 2.06 bits per heavy atom. The van der Waals surface area contributed by atoms with E-state index in [1.807, 2.05) is 0 Å². The fraction of sp³-hybridized carbons (Fsp3) is 1.00. The number of hydrogen-bond acceptors (Lipinski definition) is 2. The molecule has 0 unspecified atom stereocenters. The van der Waals surface area contributed by atoms with Crippen molar-refractivity contribution in [2.45, 2.75) is 65.8 Å². The Labute approximate surface area is 115 Å². The lowest BCUT2D eigenvalue weighted by molar-refractivity contribution is 0.141. The predicted molar refractivity (Wildman–Crippen MR) is 81.0 cm³/mol. The molecule has 0 heterocycles. The van der Waals surface area contributed by atoms with Crippen molar-refractivity contribution >= 4 is 0 Å². The third-order valence-electron chi connectivity index (χ3n) is 4.37. The zero-order chi connectivity index (χ0) is 13.8. The molecule has 0 atom stereocenters. The molecule has 0 aromatic rings. The van der Waals surface area contributed by atoms with Crippen molar-refractivity contribution in [3.05, 3.63) is 0 Å². The summed E-state index contributed by atoms with van der Waals surface area (Å²) >= 11 is 0. The fourth-order valence-electron chi connectivity index (χ4n) is 2.61. The minimum Gasteiger partial charge on any atom is -0.311 e. The lowest BCUT2D eigenvalue weighted by Crippen LogP contribution is -2.48. The van der Waals surface area contributed by atoms with Gasteiger partial charge in [-0.15, -0.1) is 0 Å². The van der Waals surface area contributed by atoms with Crippen molar-refractivity contribution in [1.82, 2.24) is 10.2 Å². The van der Waals surface area contributed by atoms with E-state index in [2.05, 4.69) is 51.9 Å². The van der Waals surface area contributed by atoms with Gasteiger partial charge in [-0.25, -0.2) is 0 Å². The van der Waals surface area contributed by atoms with Crippen LogP contribution in [0.4, 0.5) is 0 Å². The van der Waals surface area contributed by atoms with Crippen LogP contribution in [0.3, 0.4) is 0 Å². The number of rotatable bonds is 8. The number of nitrogens with zero attached hydrogens (tertiary/aromatic N) is 1. The first kappa shape index (κ1) is 16.0. The molecular weight excluding hydrogens is 220 g/mol. The normalized spacial score (nSPS) is 17.5. The molecule has 0 bridgehead atoms. The third-order valence-corrected chi connectivity index (χ3v) is 4.37. The van der Waals surface area contributed by atoms with Gasteiger partial charge in [0.2, 0.25) is 0 Å². The van der Waals surface area contributed by atoms with Gasteiger partial charge in [0.25, 0.3) is 0 Å². The lowest BCUT2D eigenvalue weighted by Gasteiger charge is -2.38. The molecule has 0 spiro atoms. The average Bonchev–Trinajstić information content (AvgIpc) is 3.07. The van der Waals surface area contributed by atoms with Crippen LogP contribution in [0.2, 0.25) is 0 Å². The van der Waals surface area contributed by atoms with E-state index in [4.69, 9.17) is 0 Å². The van der Waals surface area contributed by atoms with Crippen molar-refractivity contribution in [3.8, 4) is 0 Å². The number of nitrogens with one attached hydrogen (secondary N) is 1. The second kappa shape index (κ2) is 6.38. The van der Waals surface area contributed by atoms with Crippen LogP contribution in [0, 0.1) is 11.3 Å². The molecule has 1 rings (SSSR count). The Morgan fingerprint density at radius 1 is 1.11 bits per heavy atom. The van der Waals surface area contributed by atoms with Gasteiger partial charge in [-0.3, -0.25) is 0 Å². The molecule has 0 aliphatic heterocycles. The minimum absolute atomic E-state index is 0.227. The molecular formula is C16H34N2. The van der Waals surface area contributed by atoms with Gasteiger partial charge in [0.15, 0.2) is 0 Å². The highest BCUT2D eigenvalue weighted by atomic mass is 15.1. The molecule has 0 aromatic heterocycles. The molecule has 0 radical (unpaired) electrons. The summed E-state index contributed by atoms with van der Waals surface area (Å²) in [4.78, 5) is 2.56. The summed E-state index contributed by atoms with van der Waals surface area (Å²) in [6, 6.07) is 0. The molecule has 0 aromatic carbocycles. The molecule has 1 aliphatic carbocycles. The van der Waals surface area contributed by atoms with Crippen molar-refractivity contribution in [3.63, 3.8) is 0 Å². The van der Waals surface area contributed by atoms with Crippen molar-refractivity contribution in [2.75, 3.05) is 26.7 Å². The van der Waals surface area contributed by atoms with E-state index in [0.717, 1.165) is 12.5 Å². The molecule has 1 aliphatic rings. The first-order valence-electron chi connectivity index (χ1n) is 7.74. The summed E-state index contributed by atoms with van der Waals surface area (Å²) < 4.78 is 0. The van der Waals surface area contributed by atoms with Crippen LogP contribution in [0.1, 0.15) is 60.3 Å². The van der Waals surface area contributed by atoms with Gasteiger partial charge in [-0.2, -0.15) is 0 Å². The lowest BCUT2D eigenvalue weighted by atomic mass is 9.81. The maximum atomic E-state index is 3.71. The van der Waals surface area contributed by atoms with Gasteiger partial charge in [0.05, 0.1) is 0 Å². The van der Waals surface area contributed by atoms with Crippen molar-refractivity contribution in [2.24, 2.45) is 11.3 Å². The quantitative estimate of drug-likeness (QED) is 0.713. The van der Waals surface area contributed by atoms with Crippen LogP contribution in [0.5, 0.6) is 0 Å². The van der Waals surface area contributed by atoms with Crippen LogP contribution >= 0.6 is 0 Å². The van der Waals surface area contributed by atoms with E-state index in [1.165, 1.54) is 38.8 Å². The Balaban J connectivity index is 2.48. The zero-order valence-corrected chi connectivity index (χ0v) is 13.5. The van der Waals surface area contributed by atoms with Gasteiger partial charge < -0.3 is 10.2 Å².